The molecule has 8 nitrogen and oxygen atoms in total. The monoisotopic (exact) mass is 392 g/mol. The Morgan fingerprint density at radius 3 is 2.66 bits per heavy atom. The molecule has 1 heterocycles. The van der Waals surface area contributed by atoms with Gasteiger partial charge in [0, 0.05) is 23.7 Å². The molecule has 0 bridgehead atoms. The van der Waals surface area contributed by atoms with E-state index >= 15 is 0 Å². The van der Waals surface area contributed by atoms with Crippen molar-refractivity contribution < 1.29 is 14.0 Å². The third kappa shape index (κ3) is 4.78. The number of hydrogen-bond acceptors (Lipinski definition) is 5. The first-order valence-electron chi connectivity index (χ1n) is 9.38. The molecular formula is C21H20N4O4. The average molecular weight is 392 g/mol. The van der Waals surface area contributed by atoms with Gasteiger partial charge in [0.05, 0.1) is 0 Å². The summed E-state index contributed by atoms with van der Waals surface area (Å²) in [5, 5.41) is 9.70. The normalized spacial score (nSPS) is 13.1. The second-order valence-corrected chi connectivity index (χ2v) is 6.94. The number of benzene rings is 2. The van der Waals surface area contributed by atoms with E-state index in [0.29, 0.717) is 11.3 Å². The van der Waals surface area contributed by atoms with Gasteiger partial charge >= 0.3 is 5.76 Å². The topological polar surface area (TPSA) is 106 Å². The van der Waals surface area contributed by atoms with Crippen molar-refractivity contribution in [3.05, 3.63) is 70.7 Å². The van der Waals surface area contributed by atoms with E-state index < -0.39 is 5.76 Å². The van der Waals surface area contributed by atoms with Crippen molar-refractivity contribution in [2.75, 3.05) is 5.32 Å². The van der Waals surface area contributed by atoms with Gasteiger partial charge in [-0.25, -0.2) is 4.79 Å². The summed E-state index contributed by atoms with van der Waals surface area (Å²) >= 11 is 0. The molecule has 1 fully saturated rings. The zero-order chi connectivity index (χ0) is 20.2. The van der Waals surface area contributed by atoms with Gasteiger partial charge in [-0.15, -0.1) is 5.10 Å². The fraction of sp³-hybridized carbons (Fsp3) is 0.238. The van der Waals surface area contributed by atoms with Crippen LogP contribution in [0, 0.1) is 5.92 Å². The van der Waals surface area contributed by atoms with Crippen LogP contribution in [0.2, 0.25) is 0 Å². The molecule has 1 aromatic heterocycles. The summed E-state index contributed by atoms with van der Waals surface area (Å²) in [6.07, 6.45) is 1.88. The first kappa shape index (κ1) is 18.7. The smallest absolute Gasteiger partial charge is 0.388 e. The maximum Gasteiger partial charge on any atom is 0.437 e. The minimum absolute atomic E-state index is 0.0332. The van der Waals surface area contributed by atoms with Crippen LogP contribution in [0.15, 0.2) is 63.8 Å². The quantitative estimate of drug-likeness (QED) is 0.641. The highest BCUT2D eigenvalue weighted by atomic mass is 16.4. The Bertz CT molecular complexity index is 1080. The largest absolute Gasteiger partial charge is 0.437 e. The van der Waals surface area contributed by atoms with E-state index in [2.05, 4.69) is 15.7 Å². The number of aromatic nitrogens is 2. The summed E-state index contributed by atoms with van der Waals surface area (Å²) in [6, 6.07) is 16.3. The summed E-state index contributed by atoms with van der Waals surface area (Å²) in [6.45, 7) is 0.0252. The molecule has 2 N–H and O–H groups in total. The van der Waals surface area contributed by atoms with Crippen molar-refractivity contribution in [2.45, 2.75) is 25.9 Å². The molecule has 1 aliphatic carbocycles. The maximum atomic E-state index is 12.2. The third-order valence-corrected chi connectivity index (χ3v) is 4.55. The van der Waals surface area contributed by atoms with Crippen LogP contribution in [0.1, 0.15) is 18.4 Å². The van der Waals surface area contributed by atoms with Gasteiger partial charge in [0.25, 0.3) is 0 Å². The SMILES string of the molecule is O=C(Cn1nc(-c2ccccc2)oc1=O)NCc1cccc(NC(=O)C2CC2)c1. The van der Waals surface area contributed by atoms with Crippen molar-refractivity contribution in [3.8, 4) is 11.5 Å². The van der Waals surface area contributed by atoms with Crippen LogP contribution in [0.25, 0.3) is 11.5 Å². The van der Waals surface area contributed by atoms with E-state index in [4.69, 9.17) is 4.42 Å². The highest BCUT2D eigenvalue weighted by molar-refractivity contribution is 5.94. The van der Waals surface area contributed by atoms with E-state index in [-0.39, 0.29) is 36.7 Å². The predicted molar refractivity (Wildman–Crippen MR) is 106 cm³/mol. The highest BCUT2D eigenvalue weighted by Crippen LogP contribution is 2.30. The van der Waals surface area contributed by atoms with Crippen molar-refractivity contribution in [1.29, 1.82) is 0 Å². The molecule has 0 atom stereocenters. The Balaban J connectivity index is 1.34. The van der Waals surface area contributed by atoms with Crippen LogP contribution in [-0.2, 0) is 22.7 Å². The number of rotatable bonds is 7. The number of nitrogens with one attached hydrogen (secondary N) is 2. The Morgan fingerprint density at radius 1 is 1.10 bits per heavy atom. The summed E-state index contributed by atoms with van der Waals surface area (Å²) < 4.78 is 6.11. The van der Waals surface area contributed by atoms with E-state index in [1.807, 2.05) is 42.5 Å². The molecule has 1 aliphatic rings. The summed E-state index contributed by atoms with van der Waals surface area (Å²) in [5.41, 5.74) is 2.20. The van der Waals surface area contributed by atoms with Crippen molar-refractivity contribution in [1.82, 2.24) is 15.1 Å². The Morgan fingerprint density at radius 2 is 1.90 bits per heavy atom. The first-order valence-corrected chi connectivity index (χ1v) is 9.38. The molecule has 1 saturated carbocycles. The highest BCUT2D eigenvalue weighted by Gasteiger charge is 2.29. The lowest BCUT2D eigenvalue weighted by Crippen LogP contribution is -2.31. The summed E-state index contributed by atoms with van der Waals surface area (Å²) in [7, 11) is 0. The van der Waals surface area contributed by atoms with Gasteiger partial charge in [-0.05, 0) is 42.7 Å². The number of amides is 2. The van der Waals surface area contributed by atoms with Gasteiger partial charge in [0.2, 0.25) is 17.7 Å². The molecule has 148 valence electrons. The lowest BCUT2D eigenvalue weighted by Gasteiger charge is -2.08. The van der Waals surface area contributed by atoms with E-state index in [1.54, 1.807) is 12.1 Å². The molecule has 29 heavy (non-hydrogen) atoms. The predicted octanol–water partition coefficient (Wildman–Crippen LogP) is 2.17. The molecule has 0 aliphatic heterocycles. The Kier molecular flexibility index (Phi) is 5.24. The van der Waals surface area contributed by atoms with E-state index in [1.165, 1.54) is 0 Å². The lowest BCUT2D eigenvalue weighted by molar-refractivity contribution is -0.122. The number of hydrogen-bond donors (Lipinski definition) is 2. The van der Waals surface area contributed by atoms with Crippen molar-refractivity contribution in [3.63, 3.8) is 0 Å². The third-order valence-electron chi connectivity index (χ3n) is 4.55. The van der Waals surface area contributed by atoms with Gasteiger partial charge in [-0.1, -0.05) is 30.3 Å². The maximum absolute atomic E-state index is 12.2. The molecular weight excluding hydrogens is 372 g/mol. The molecule has 2 aromatic carbocycles. The lowest BCUT2D eigenvalue weighted by atomic mass is 10.2. The Hall–Kier alpha value is -3.68. The van der Waals surface area contributed by atoms with Crippen molar-refractivity contribution in [2.24, 2.45) is 5.92 Å². The number of carbonyl (C=O) groups is 2. The molecule has 0 spiro atoms. The zero-order valence-electron chi connectivity index (χ0n) is 15.6. The first-order chi connectivity index (χ1) is 14.1. The van der Waals surface area contributed by atoms with Gasteiger partial charge in [0.1, 0.15) is 6.54 Å². The summed E-state index contributed by atoms with van der Waals surface area (Å²) in [4.78, 5) is 36.0. The minimum atomic E-state index is -0.691. The number of nitrogens with zero attached hydrogens (tertiary/aromatic N) is 2. The van der Waals surface area contributed by atoms with Crippen LogP contribution in [0.5, 0.6) is 0 Å². The minimum Gasteiger partial charge on any atom is -0.388 e. The molecule has 0 saturated heterocycles. The fourth-order valence-corrected chi connectivity index (χ4v) is 2.85. The van der Waals surface area contributed by atoms with Crippen molar-refractivity contribution >= 4 is 17.5 Å². The van der Waals surface area contributed by atoms with Crippen LogP contribution in [-0.4, -0.2) is 21.6 Å². The van der Waals surface area contributed by atoms with E-state index in [0.717, 1.165) is 23.1 Å². The molecule has 0 radical (unpaired) electrons. The number of anilines is 1. The Labute approximate surface area is 166 Å². The van der Waals surface area contributed by atoms with Crippen LogP contribution in [0.4, 0.5) is 5.69 Å². The second kappa shape index (κ2) is 8.14. The summed E-state index contributed by atoms with van der Waals surface area (Å²) in [5.74, 6) is -0.732. The fourth-order valence-electron chi connectivity index (χ4n) is 2.85. The standard InChI is InChI=1S/C21H20N4O4/c26-18(13-25-21(28)29-20(24-25)16-6-2-1-3-7-16)22-12-14-5-4-8-17(11-14)23-19(27)15-9-10-15/h1-8,11,15H,9-10,12-13H2,(H,22,26)(H,23,27). The molecule has 3 aromatic rings. The van der Waals surface area contributed by atoms with Gasteiger partial charge in [0.15, 0.2) is 0 Å². The molecule has 4 rings (SSSR count). The zero-order valence-corrected chi connectivity index (χ0v) is 15.6. The average Bonchev–Trinajstić information content (AvgIpc) is 3.52. The van der Waals surface area contributed by atoms with Crippen LogP contribution < -0.4 is 16.4 Å². The second-order valence-electron chi connectivity index (χ2n) is 6.94. The van der Waals surface area contributed by atoms with E-state index in [9.17, 15) is 14.4 Å². The van der Waals surface area contributed by atoms with Gasteiger partial charge < -0.3 is 15.1 Å². The van der Waals surface area contributed by atoms with Gasteiger partial charge in [-0.2, -0.15) is 4.68 Å². The van der Waals surface area contributed by atoms with Gasteiger partial charge in [-0.3, -0.25) is 9.59 Å². The molecule has 0 unspecified atom stereocenters. The van der Waals surface area contributed by atoms with Crippen LogP contribution in [0.3, 0.4) is 0 Å². The molecule has 8 heteroatoms. The van der Waals surface area contributed by atoms with Crippen LogP contribution >= 0.6 is 0 Å². The molecule has 2 amide bonds. The number of carbonyl (C=O) groups excluding carboxylic acids is 2.